The molecule has 43 heavy (non-hydrogen) atoms. The lowest BCUT2D eigenvalue weighted by Gasteiger charge is -2.24. The van der Waals surface area contributed by atoms with Gasteiger partial charge in [0.25, 0.3) is 0 Å². The molecule has 0 radical (unpaired) electrons. The molecule has 1 heterocycles. The second-order valence-corrected chi connectivity index (χ2v) is 10.9. The smallest absolute Gasteiger partial charge is 0.309 e. The molecular weight excluding hydrogens is 547 g/mol. The lowest BCUT2D eigenvalue weighted by molar-refractivity contribution is -0.155. The van der Waals surface area contributed by atoms with Gasteiger partial charge in [0.05, 0.1) is 31.0 Å². The van der Waals surface area contributed by atoms with Gasteiger partial charge in [0, 0.05) is 6.42 Å². The number of cyclic esters (lactones) is 1. The molecule has 3 N–H and O–H groups in total. The van der Waals surface area contributed by atoms with Crippen molar-refractivity contribution in [2.75, 3.05) is 13.2 Å². The van der Waals surface area contributed by atoms with Gasteiger partial charge in [-0.1, -0.05) is 84.9 Å². The maximum Gasteiger partial charge on any atom is 0.309 e. The predicted molar refractivity (Wildman–Crippen MR) is 162 cm³/mol. The second-order valence-electron chi connectivity index (χ2n) is 10.9. The average Bonchev–Trinajstić information content (AvgIpc) is 3.03. The van der Waals surface area contributed by atoms with Crippen LogP contribution in [0.2, 0.25) is 0 Å². The van der Waals surface area contributed by atoms with Gasteiger partial charge in [-0.3, -0.25) is 14.4 Å². The van der Waals surface area contributed by atoms with Gasteiger partial charge in [-0.2, -0.15) is 0 Å². The van der Waals surface area contributed by atoms with E-state index in [1.807, 2.05) is 72.8 Å². The molecule has 0 aromatic heterocycles. The largest absolute Gasteiger partial charge is 0.455 e. The molecule has 0 fully saturated rings. The van der Waals surface area contributed by atoms with Crippen molar-refractivity contribution in [2.45, 2.75) is 50.7 Å². The Kier molecular flexibility index (Phi) is 12.0. The van der Waals surface area contributed by atoms with E-state index in [0.29, 0.717) is 32.1 Å². The predicted octanol–water partition coefficient (Wildman–Crippen LogP) is 4.85. The number of aliphatic hydroxyl groups excluding tert-OH is 1. The Bertz CT molecular complexity index is 1350. The highest BCUT2D eigenvalue weighted by molar-refractivity contribution is 5.86. The number of amides is 2. The third kappa shape index (κ3) is 10.2. The summed E-state index contributed by atoms with van der Waals surface area (Å²) in [7, 11) is 0. The third-order valence-corrected chi connectivity index (χ3v) is 7.60. The molecule has 4 atom stereocenters. The van der Waals surface area contributed by atoms with E-state index in [2.05, 4.69) is 10.6 Å². The van der Waals surface area contributed by atoms with Crippen LogP contribution < -0.4 is 10.6 Å². The van der Waals surface area contributed by atoms with Gasteiger partial charge in [0.1, 0.15) is 11.9 Å². The molecule has 3 aromatic rings. The summed E-state index contributed by atoms with van der Waals surface area (Å²) in [6.45, 7) is -0.173. The number of allylic oxidation sites excluding steroid dienone is 2. The van der Waals surface area contributed by atoms with Crippen LogP contribution >= 0.6 is 0 Å². The Morgan fingerprint density at radius 1 is 0.930 bits per heavy atom. The molecular formula is C35H39FN2O5. The van der Waals surface area contributed by atoms with Gasteiger partial charge in [-0.15, -0.1) is 0 Å². The number of ether oxygens (including phenoxy) is 1. The summed E-state index contributed by atoms with van der Waals surface area (Å²) in [6, 6.07) is 24.4. The van der Waals surface area contributed by atoms with Crippen LogP contribution in [0.5, 0.6) is 0 Å². The summed E-state index contributed by atoms with van der Waals surface area (Å²) in [4.78, 5) is 39.8. The zero-order chi connectivity index (χ0) is 30.4. The first-order chi connectivity index (χ1) is 20.9. The molecule has 8 heteroatoms. The number of carbonyl (C=O) groups is 3. The number of hydrogen-bond donors (Lipinski definition) is 3. The lowest BCUT2D eigenvalue weighted by Crippen LogP contribution is -2.42. The first kappa shape index (κ1) is 31.6. The molecule has 2 amide bonds. The monoisotopic (exact) mass is 586 g/mol. The normalized spacial score (nSPS) is 21.2. The van der Waals surface area contributed by atoms with Crippen molar-refractivity contribution in [1.29, 1.82) is 0 Å². The van der Waals surface area contributed by atoms with Gasteiger partial charge in [-0.25, -0.2) is 4.39 Å². The maximum absolute atomic E-state index is 13.5. The molecule has 0 saturated heterocycles. The summed E-state index contributed by atoms with van der Waals surface area (Å²) < 4.78 is 19.4. The van der Waals surface area contributed by atoms with Crippen LogP contribution in [0.4, 0.5) is 4.39 Å². The SMILES string of the molecule is O=C(C[C@H]1C/C=C\CC[C@@H](Cc2ccc(F)cc2)C(=O)O[C@@H](c2ccccc2)CNC1=O)N[C@H](CO)Cc1ccccc1. The van der Waals surface area contributed by atoms with Crippen molar-refractivity contribution < 1.29 is 28.6 Å². The van der Waals surface area contributed by atoms with Gasteiger partial charge < -0.3 is 20.5 Å². The van der Waals surface area contributed by atoms with Crippen LogP contribution in [-0.2, 0) is 32.0 Å². The van der Waals surface area contributed by atoms with Crippen LogP contribution in [0, 0.1) is 17.7 Å². The van der Waals surface area contributed by atoms with Crippen LogP contribution in [-0.4, -0.2) is 42.1 Å². The van der Waals surface area contributed by atoms with E-state index >= 15 is 0 Å². The molecule has 0 aliphatic carbocycles. The van der Waals surface area contributed by atoms with Gasteiger partial charge in [0.15, 0.2) is 0 Å². The molecule has 1 aliphatic heterocycles. The highest BCUT2D eigenvalue weighted by Gasteiger charge is 2.28. The summed E-state index contributed by atoms with van der Waals surface area (Å²) in [5.41, 5.74) is 2.57. The second kappa shape index (κ2) is 16.4. The number of halogens is 1. The highest BCUT2D eigenvalue weighted by atomic mass is 19.1. The molecule has 0 bridgehead atoms. The Morgan fingerprint density at radius 3 is 2.33 bits per heavy atom. The van der Waals surface area contributed by atoms with Crippen molar-refractivity contribution in [3.63, 3.8) is 0 Å². The van der Waals surface area contributed by atoms with Crippen LogP contribution in [0.15, 0.2) is 97.1 Å². The molecule has 0 spiro atoms. The molecule has 7 nitrogen and oxygen atoms in total. The van der Waals surface area contributed by atoms with Crippen LogP contribution in [0.1, 0.15) is 48.5 Å². The Labute approximate surface area is 252 Å². The minimum Gasteiger partial charge on any atom is -0.455 e. The summed E-state index contributed by atoms with van der Waals surface area (Å²) in [5, 5.41) is 15.6. The molecule has 3 aromatic carbocycles. The summed E-state index contributed by atoms with van der Waals surface area (Å²) in [5.74, 6) is -2.46. The summed E-state index contributed by atoms with van der Waals surface area (Å²) >= 11 is 0. The minimum absolute atomic E-state index is 0.0486. The van der Waals surface area contributed by atoms with Gasteiger partial charge >= 0.3 is 5.97 Å². The number of nitrogens with one attached hydrogen (secondary N) is 2. The van der Waals surface area contributed by atoms with Gasteiger partial charge in [0.2, 0.25) is 11.8 Å². The highest BCUT2D eigenvalue weighted by Crippen LogP contribution is 2.24. The van der Waals surface area contributed by atoms with E-state index in [-0.39, 0.29) is 43.2 Å². The standard InChI is InChI=1S/C35H39FN2O5/c36-30-18-16-26(17-19-30)20-29-15-9-3-8-14-28(22-33(40)38-31(24-39)21-25-10-4-1-5-11-25)34(41)37-23-32(43-35(29)42)27-12-6-2-7-13-27/h1-8,10-13,16-19,28-29,31-32,39H,9,14-15,20-24H2,(H,37,41)(H,38,40)/b8-3-/t28-,29+,31+,32-/m1/s1. The maximum atomic E-state index is 13.5. The average molecular weight is 587 g/mol. The van der Waals surface area contributed by atoms with Crippen molar-refractivity contribution in [2.24, 2.45) is 11.8 Å². The number of aliphatic hydroxyl groups is 1. The van der Waals surface area contributed by atoms with E-state index in [9.17, 15) is 23.9 Å². The van der Waals surface area contributed by atoms with Gasteiger partial charge in [-0.05, 0) is 60.9 Å². The van der Waals surface area contributed by atoms with Crippen molar-refractivity contribution in [3.8, 4) is 0 Å². The number of benzene rings is 3. The number of hydrogen-bond acceptors (Lipinski definition) is 5. The minimum atomic E-state index is -0.721. The van der Waals surface area contributed by atoms with E-state index in [1.165, 1.54) is 12.1 Å². The zero-order valence-electron chi connectivity index (χ0n) is 24.2. The Hall–Kier alpha value is -4.30. The number of esters is 1. The van der Waals surface area contributed by atoms with E-state index < -0.39 is 24.0 Å². The van der Waals surface area contributed by atoms with E-state index in [0.717, 1.165) is 16.7 Å². The van der Waals surface area contributed by atoms with Crippen molar-refractivity contribution in [1.82, 2.24) is 10.6 Å². The Morgan fingerprint density at radius 2 is 1.63 bits per heavy atom. The molecule has 226 valence electrons. The van der Waals surface area contributed by atoms with Crippen molar-refractivity contribution >= 4 is 17.8 Å². The van der Waals surface area contributed by atoms with Crippen LogP contribution in [0.25, 0.3) is 0 Å². The number of rotatable bonds is 9. The summed E-state index contributed by atoms with van der Waals surface area (Å²) in [6.07, 6.45) is 5.32. The molecule has 0 saturated carbocycles. The fraction of sp³-hybridized carbons (Fsp3) is 0.343. The van der Waals surface area contributed by atoms with E-state index in [1.54, 1.807) is 12.1 Å². The van der Waals surface area contributed by atoms with Crippen LogP contribution in [0.3, 0.4) is 0 Å². The molecule has 4 rings (SSSR count). The first-order valence-corrected chi connectivity index (χ1v) is 14.8. The zero-order valence-corrected chi connectivity index (χ0v) is 24.2. The molecule has 0 unspecified atom stereocenters. The Balaban J connectivity index is 1.47. The molecule has 1 aliphatic rings. The lowest BCUT2D eigenvalue weighted by atomic mass is 9.94. The fourth-order valence-electron chi connectivity index (χ4n) is 5.21. The quantitative estimate of drug-likeness (QED) is 0.246. The van der Waals surface area contributed by atoms with E-state index in [4.69, 9.17) is 4.74 Å². The third-order valence-electron chi connectivity index (χ3n) is 7.60. The number of carbonyl (C=O) groups excluding carboxylic acids is 3. The topological polar surface area (TPSA) is 105 Å². The fourth-order valence-corrected chi connectivity index (χ4v) is 5.21. The van der Waals surface area contributed by atoms with Crippen molar-refractivity contribution in [3.05, 3.63) is 120 Å². The first-order valence-electron chi connectivity index (χ1n) is 14.8.